The van der Waals surface area contributed by atoms with Crippen LogP contribution < -0.4 is 18.9 Å². The molecule has 0 amide bonds. The van der Waals surface area contributed by atoms with Crippen LogP contribution in [0.3, 0.4) is 0 Å². The Bertz CT molecular complexity index is 814. The number of methoxy groups -OCH3 is 4. The quantitative estimate of drug-likeness (QED) is 0.870. The number of aromatic hydroxyl groups is 1. The maximum Gasteiger partial charge on any atom is 0.203 e. The van der Waals surface area contributed by atoms with Crippen LogP contribution in [0.4, 0.5) is 0 Å². The van der Waals surface area contributed by atoms with Crippen molar-refractivity contribution >= 4 is 5.57 Å². The first-order valence-corrected chi connectivity index (χ1v) is 8.54. The number of rotatable bonds is 5. The van der Waals surface area contributed by atoms with E-state index in [1.807, 2.05) is 18.2 Å². The third-order valence-electron chi connectivity index (χ3n) is 4.71. The van der Waals surface area contributed by atoms with Crippen LogP contribution >= 0.6 is 0 Å². The van der Waals surface area contributed by atoms with Gasteiger partial charge in [-0.2, -0.15) is 0 Å². The fraction of sp³-hybridized carbons (Fsp3) is 0.333. The molecule has 0 heterocycles. The molecule has 0 saturated heterocycles. The Morgan fingerprint density at radius 2 is 1.50 bits per heavy atom. The fourth-order valence-electron chi connectivity index (χ4n) is 3.43. The van der Waals surface area contributed by atoms with Crippen LogP contribution in [0, 0.1) is 0 Å². The third-order valence-corrected chi connectivity index (χ3v) is 4.71. The van der Waals surface area contributed by atoms with Gasteiger partial charge in [-0.25, -0.2) is 0 Å². The number of phenolic OH excluding ortho intramolecular Hbond substituents is 1. The molecular formula is C21H24O5. The maximum atomic E-state index is 10.6. The molecule has 5 heteroatoms. The van der Waals surface area contributed by atoms with Gasteiger partial charge in [0, 0.05) is 5.56 Å². The van der Waals surface area contributed by atoms with E-state index >= 15 is 0 Å². The van der Waals surface area contributed by atoms with Crippen molar-refractivity contribution in [1.29, 1.82) is 0 Å². The minimum Gasteiger partial charge on any atom is -0.504 e. The summed E-state index contributed by atoms with van der Waals surface area (Å²) >= 11 is 0. The molecule has 0 aromatic heterocycles. The minimum absolute atomic E-state index is 0.213. The van der Waals surface area contributed by atoms with Crippen molar-refractivity contribution in [1.82, 2.24) is 0 Å². The first-order valence-electron chi connectivity index (χ1n) is 8.54. The molecule has 26 heavy (non-hydrogen) atoms. The van der Waals surface area contributed by atoms with E-state index in [1.54, 1.807) is 34.5 Å². The monoisotopic (exact) mass is 356 g/mol. The fourth-order valence-corrected chi connectivity index (χ4v) is 3.43. The molecule has 0 spiro atoms. The van der Waals surface area contributed by atoms with Crippen LogP contribution in [-0.4, -0.2) is 33.5 Å². The highest BCUT2D eigenvalue weighted by molar-refractivity contribution is 5.85. The summed E-state index contributed by atoms with van der Waals surface area (Å²) in [6.07, 6.45) is 4.87. The van der Waals surface area contributed by atoms with Gasteiger partial charge in [0.15, 0.2) is 23.0 Å². The van der Waals surface area contributed by atoms with E-state index in [1.165, 1.54) is 0 Å². The van der Waals surface area contributed by atoms with Crippen LogP contribution in [0.1, 0.15) is 29.5 Å². The van der Waals surface area contributed by atoms with Crippen molar-refractivity contribution in [2.24, 2.45) is 0 Å². The molecule has 0 atom stereocenters. The molecule has 0 aliphatic heterocycles. The Balaban J connectivity index is 2.19. The van der Waals surface area contributed by atoms with Crippen molar-refractivity contribution < 1.29 is 24.1 Å². The van der Waals surface area contributed by atoms with Crippen LogP contribution in [-0.2, 0) is 6.42 Å². The third kappa shape index (κ3) is 3.05. The number of benzene rings is 2. The lowest BCUT2D eigenvalue weighted by Gasteiger charge is -2.18. The average molecular weight is 356 g/mol. The van der Waals surface area contributed by atoms with Gasteiger partial charge in [-0.1, -0.05) is 12.1 Å². The lowest BCUT2D eigenvalue weighted by atomic mass is 9.92. The van der Waals surface area contributed by atoms with Crippen LogP contribution in [0.2, 0.25) is 0 Å². The SMILES string of the molecule is COc1ccc2c(c1O)CCCC=C2c1cc(OC)c(OC)c(OC)c1. The lowest BCUT2D eigenvalue weighted by Crippen LogP contribution is -1.99. The van der Waals surface area contributed by atoms with E-state index in [9.17, 15) is 5.11 Å². The van der Waals surface area contributed by atoms with Crippen molar-refractivity contribution in [3.8, 4) is 28.7 Å². The van der Waals surface area contributed by atoms with Crippen LogP contribution in [0.5, 0.6) is 28.7 Å². The molecule has 138 valence electrons. The molecule has 3 rings (SSSR count). The van der Waals surface area contributed by atoms with Gasteiger partial charge in [0.2, 0.25) is 5.75 Å². The van der Waals surface area contributed by atoms with Gasteiger partial charge in [0.25, 0.3) is 0 Å². The van der Waals surface area contributed by atoms with E-state index in [2.05, 4.69) is 6.08 Å². The number of hydrogen-bond acceptors (Lipinski definition) is 5. The second-order valence-corrected chi connectivity index (χ2v) is 6.07. The maximum absolute atomic E-state index is 10.6. The summed E-state index contributed by atoms with van der Waals surface area (Å²) in [6, 6.07) is 7.66. The van der Waals surface area contributed by atoms with Gasteiger partial charge in [-0.3, -0.25) is 0 Å². The van der Waals surface area contributed by atoms with E-state index in [0.717, 1.165) is 41.5 Å². The zero-order valence-electron chi connectivity index (χ0n) is 15.6. The number of phenols is 1. The van der Waals surface area contributed by atoms with Gasteiger partial charge >= 0.3 is 0 Å². The Labute approximate surface area is 153 Å². The van der Waals surface area contributed by atoms with E-state index in [0.29, 0.717) is 23.0 Å². The summed E-state index contributed by atoms with van der Waals surface area (Å²) in [6.45, 7) is 0. The smallest absolute Gasteiger partial charge is 0.203 e. The van der Waals surface area contributed by atoms with Crippen molar-refractivity contribution in [3.63, 3.8) is 0 Å². The second kappa shape index (κ2) is 7.60. The first-order chi connectivity index (χ1) is 12.6. The normalized spacial score (nSPS) is 13.3. The summed E-state index contributed by atoms with van der Waals surface area (Å²) < 4.78 is 21.7. The Morgan fingerprint density at radius 1 is 0.846 bits per heavy atom. The predicted molar refractivity (Wildman–Crippen MR) is 101 cm³/mol. The zero-order chi connectivity index (χ0) is 18.7. The molecule has 0 bridgehead atoms. The molecule has 2 aromatic rings. The molecular weight excluding hydrogens is 332 g/mol. The highest BCUT2D eigenvalue weighted by atomic mass is 16.5. The predicted octanol–water partition coefficient (Wildman–Crippen LogP) is 4.19. The average Bonchev–Trinajstić information content (AvgIpc) is 2.90. The van der Waals surface area contributed by atoms with Gasteiger partial charge < -0.3 is 24.1 Å². The highest BCUT2D eigenvalue weighted by Crippen LogP contribution is 2.44. The molecule has 0 radical (unpaired) electrons. The van der Waals surface area contributed by atoms with Gasteiger partial charge in [0.05, 0.1) is 28.4 Å². The summed E-state index contributed by atoms with van der Waals surface area (Å²) in [5.41, 5.74) is 3.89. The summed E-state index contributed by atoms with van der Waals surface area (Å²) in [4.78, 5) is 0. The number of fused-ring (bicyclic) bond motifs is 1. The molecule has 1 N–H and O–H groups in total. The van der Waals surface area contributed by atoms with E-state index in [4.69, 9.17) is 18.9 Å². The van der Waals surface area contributed by atoms with E-state index in [-0.39, 0.29) is 5.75 Å². The number of allylic oxidation sites excluding steroid dienone is 1. The van der Waals surface area contributed by atoms with Crippen LogP contribution in [0.15, 0.2) is 30.3 Å². The highest BCUT2D eigenvalue weighted by Gasteiger charge is 2.21. The molecule has 0 unspecified atom stereocenters. The summed E-state index contributed by atoms with van der Waals surface area (Å²) in [5.74, 6) is 2.48. The lowest BCUT2D eigenvalue weighted by molar-refractivity contribution is 0.324. The summed E-state index contributed by atoms with van der Waals surface area (Å²) in [7, 11) is 6.36. The van der Waals surface area contributed by atoms with Gasteiger partial charge in [-0.15, -0.1) is 0 Å². The van der Waals surface area contributed by atoms with Crippen LogP contribution in [0.25, 0.3) is 5.57 Å². The molecule has 1 aliphatic carbocycles. The van der Waals surface area contributed by atoms with Crippen molar-refractivity contribution in [3.05, 3.63) is 47.0 Å². The largest absolute Gasteiger partial charge is 0.504 e. The molecule has 1 aliphatic rings. The molecule has 5 nitrogen and oxygen atoms in total. The van der Waals surface area contributed by atoms with Gasteiger partial charge in [0.1, 0.15) is 0 Å². The summed E-state index contributed by atoms with van der Waals surface area (Å²) in [5, 5.41) is 10.6. The van der Waals surface area contributed by atoms with Crippen molar-refractivity contribution in [2.75, 3.05) is 28.4 Å². The van der Waals surface area contributed by atoms with Crippen molar-refractivity contribution in [2.45, 2.75) is 19.3 Å². The first kappa shape index (κ1) is 18.0. The minimum atomic E-state index is 0.213. The zero-order valence-corrected chi connectivity index (χ0v) is 15.6. The Hall–Kier alpha value is -2.82. The Morgan fingerprint density at radius 3 is 2.08 bits per heavy atom. The molecule has 0 saturated carbocycles. The topological polar surface area (TPSA) is 57.2 Å². The Kier molecular flexibility index (Phi) is 5.26. The van der Waals surface area contributed by atoms with E-state index < -0.39 is 0 Å². The number of hydrogen-bond donors (Lipinski definition) is 1. The molecule has 2 aromatic carbocycles. The standard InChI is InChI=1S/C21H24O5/c1-23-17-10-9-15-14(7-5-6-8-16(15)20(17)22)13-11-18(24-2)21(26-4)19(12-13)25-3/h7,9-12,22H,5-6,8H2,1-4H3. The number of ether oxygens (including phenoxy) is 4. The second-order valence-electron chi connectivity index (χ2n) is 6.07. The van der Waals surface area contributed by atoms with Gasteiger partial charge in [-0.05, 0) is 54.2 Å². The molecule has 0 fully saturated rings.